The molecule has 0 spiro atoms. The fourth-order valence-corrected chi connectivity index (χ4v) is 4.05. The lowest BCUT2D eigenvalue weighted by molar-refractivity contribution is -0.154. The molecule has 0 heterocycles. The molecule has 1 aliphatic rings. The van der Waals surface area contributed by atoms with Gasteiger partial charge in [-0.05, 0) is 12.1 Å². The van der Waals surface area contributed by atoms with E-state index in [4.69, 9.17) is 10.5 Å². The van der Waals surface area contributed by atoms with Gasteiger partial charge in [0.1, 0.15) is 11.9 Å². The number of benzene rings is 2. The highest BCUT2D eigenvalue weighted by Crippen LogP contribution is 2.54. The smallest absolute Gasteiger partial charge is 0.127 e. The van der Waals surface area contributed by atoms with Crippen LogP contribution in [0, 0.1) is 22.2 Å². The van der Waals surface area contributed by atoms with Crippen LogP contribution in [0.15, 0.2) is 36.4 Å². The SMILES string of the molecule is CC1(C)[C@H](N)C(C)(C)[C@H]1Oc1ccc(C#N)c2ccccc12. The summed E-state index contributed by atoms with van der Waals surface area (Å²) in [6, 6.07) is 14.0. The van der Waals surface area contributed by atoms with Crippen LogP contribution in [0.25, 0.3) is 10.8 Å². The van der Waals surface area contributed by atoms with Crippen LogP contribution in [-0.2, 0) is 0 Å². The van der Waals surface area contributed by atoms with Crippen molar-refractivity contribution in [2.75, 3.05) is 0 Å². The van der Waals surface area contributed by atoms with Crippen molar-refractivity contribution in [1.29, 1.82) is 5.26 Å². The Labute approximate surface area is 131 Å². The van der Waals surface area contributed by atoms with Crippen LogP contribution in [0.5, 0.6) is 5.75 Å². The molecule has 1 aliphatic carbocycles. The second kappa shape index (κ2) is 4.72. The molecule has 2 aromatic carbocycles. The minimum Gasteiger partial charge on any atom is -0.489 e. The van der Waals surface area contributed by atoms with Crippen molar-refractivity contribution >= 4 is 10.8 Å². The zero-order chi connectivity index (χ0) is 16.1. The topological polar surface area (TPSA) is 59.0 Å². The van der Waals surface area contributed by atoms with Crippen LogP contribution in [0.2, 0.25) is 0 Å². The number of fused-ring (bicyclic) bond motifs is 1. The van der Waals surface area contributed by atoms with Gasteiger partial charge in [0.2, 0.25) is 0 Å². The average Bonchev–Trinajstić information content (AvgIpc) is 2.51. The monoisotopic (exact) mass is 294 g/mol. The van der Waals surface area contributed by atoms with Gasteiger partial charge >= 0.3 is 0 Å². The maximum atomic E-state index is 9.26. The van der Waals surface area contributed by atoms with Gasteiger partial charge in [0.15, 0.2) is 0 Å². The van der Waals surface area contributed by atoms with Crippen LogP contribution in [0.4, 0.5) is 0 Å². The Morgan fingerprint density at radius 3 is 2.18 bits per heavy atom. The number of hydrogen-bond acceptors (Lipinski definition) is 3. The van der Waals surface area contributed by atoms with Gasteiger partial charge < -0.3 is 10.5 Å². The molecule has 0 radical (unpaired) electrons. The highest BCUT2D eigenvalue weighted by atomic mass is 16.5. The standard InChI is InChI=1S/C19H22N2O/c1-18(2)16(21)19(3,4)17(18)22-15-10-9-12(11-20)13-7-5-6-8-14(13)15/h5-10,16-17H,21H2,1-4H3/t16-,17-. The summed E-state index contributed by atoms with van der Waals surface area (Å²) in [6.07, 6.45) is 0.0475. The average molecular weight is 294 g/mol. The van der Waals surface area contributed by atoms with E-state index in [9.17, 15) is 5.26 Å². The minimum absolute atomic E-state index is 0.0475. The van der Waals surface area contributed by atoms with Gasteiger partial charge in [0.25, 0.3) is 0 Å². The lowest BCUT2D eigenvalue weighted by atomic mass is 9.50. The second-order valence-electron chi connectivity index (χ2n) is 7.39. The number of nitrogens with two attached hydrogens (primary N) is 1. The summed E-state index contributed by atoms with van der Waals surface area (Å²) in [5, 5.41) is 11.2. The number of ether oxygens (including phenoxy) is 1. The third-order valence-electron chi connectivity index (χ3n) is 5.20. The normalized spacial score (nSPS) is 25.3. The summed E-state index contributed by atoms with van der Waals surface area (Å²) < 4.78 is 6.37. The van der Waals surface area contributed by atoms with Gasteiger partial charge in [-0.3, -0.25) is 0 Å². The second-order valence-corrected chi connectivity index (χ2v) is 7.39. The van der Waals surface area contributed by atoms with Crippen molar-refractivity contribution in [1.82, 2.24) is 0 Å². The molecule has 3 rings (SSSR count). The molecule has 0 unspecified atom stereocenters. The Morgan fingerprint density at radius 2 is 1.59 bits per heavy atom. The quantitative estimate of drug-likeness (QED) is 0.915. The molecular weight excluding hydrogens is 272 g/mol. The van der Waals surface area contributed by atoms with Gasteiger partial charge in [0.05, 0.1) is 11.6 Å². The van der Waals surface area contributed by atoms with E-state index in [1.54, 1.807) is 0 Å². The van der Waals surface area contributed by atoms with E-state index in [1.807, 2.05) is 36.4 Å². The fraction of sp³-hybridized carbons (Fsp3) is 0.421. The predicted octanol–water partition coefficient (Wildman–Crippen LogP) is 3.85. The van der Waals surface area contributed by atoms with Crippen LogP contribution in [0.1, 0.15) is 33.3 Å². The summed E-state index contributed by atoms with van der Waals surface area (Å²) in [4.78, 5) is 0. The Balaban J connectivity index is 2.05. The number of rotatable bonds is 2. The Bertz CT molecular complexity index is 755. The van der Waals surface area contributed by atoms with Crippen LogP contribution >= 0.6 is 0 Å². The molecule has 22 heavy (non-hydrogen) atoms. The van der Waals surface area contributed by atoms with Crippen LogP contribution < -0.4 is 10.5 Å². The maximum Gasteiger partial charge on any atom is 0.127 e. The largest absolute Gasteiger partial charge is 0.489 e. The molecule has 2 aromatic rings. The third kappa shape index (κ3) is 1.91. The van der Waals surface area contributed by atoms with E-state index in [-0.39, 0.29) is 23.0 Å². The Morgan fingerprint density at radius 1 is 1.00 bits per heavy atom. The minimum atomic E-state index is -0.0709. The summed E-state index contributed by atoms with van der Waals surface area (Å²) in [5.41, 5.74) is 6.84. The van der Waals surface area contributed by atoms with E-state index in [2.05, 4.69) is 33.8 Å². The molecule has 2 N–H and O–H groups in total. The molecule has 0 amide bonds. The molecule has 3 heteroatoms. The van der Waals surface area contributed by atoms with E-state index in [0.29, 0.717) is 5.56 Å². The summed E-state index contributed by atoms with van der Waals surface area (Å²) in [7, 11) is 0. The van der Waals surface area contributed by atoms with Crippen LogP contribution in [-0.4, -0.2) is 12.1 Å². The van der Waals surface area contributed by atoms with Crippen molar-refractivity contribution in [2.24, 2.45) is 16.6 Å². The molecule has 0 bridgehead atoms. The Kier molecular flexibility index (Phi) is 3.19. The van der Waals surface area contributed by atoms with Gasteiger partial charge in [-0.1, -0.05) is 52.0 Å². The van der Waals surface area contributed by atoms with Crippen molar-refractivity contribution in [2.45, 2.75) is 39.8 Å². The zero-order valence-corrected chi connectivity index (χ0v) is 13.6. The number of nitrogens with zero attached hydrogens (tertiary/aromatic N) is 1. The first-order valence-corrected chi connectivity index (χ1v) is 7.64. The number of hydrogen-bond donors (Lipinski definition) is 1. The lowest BCUT2D eigenvalue weighted by Crippen LogP contribution is -2.72. The van der Waals surface area contributed by atoms with Gasteiger partial charge in [-0.15, -0.1) is 0 Å². The first-order chi connectivity index (χ1) is 10.3. The van der Waals surface area contributed by atoms with Crippen molar-refractivity contribution in [3.05, 3.63) is 42.0 Å². The zero-order valence-electron chi connectivity index (χ0n) is 13.6. The molecule has 114 valence electrons. The Hall–Kier alpha value is -2.05. The molecule has 1 saturated carbocycles. The highest BCUT2D eigenvalue weighted by Gasteiger charge is 2.61. The van der Waals surface area contributed by atoms with Gasteiger partial charge in [-0.2, -0.15) is 5.26 Å². The predicted molar refractivity (Wildman–Crippen MR) is 88.6 cm³/mol. The summed E-state index contributed by atoms with van der Waals surface area (Å²) in [5.74, 6) is 0.827. The van der Waals surface area contributed by atoms with E-state index in [0.717, 1.165) is 16.5 Å². The first-order valence-electron chi connectivity index (χ1n) is 7.64. The van der Waals surface area contributed by atoms with Gasteiger partial charge in [0, 0.05) is 27.6 Å². The van der Waals surface area contributed by atoms with Crippen LogP contribution in [0.3, 0.4) is 0 Å². The third-order valence-corrected chi connectivity index (χ3v) is 5.20. The highest BCUT2D eigenvalue weighted by molar-refractivity contribution is 5.92. The molecule has 0 aromatic heterocycles. The molecule has 0 aliphatic heterocycles. The number of nitriles is 1. The van der Waals surface area contributed by atoms with Crippen molar-refractivity contribution in [3.63, 3.8) is 0 Å². The maximum absolute atomic E-state index is 9.26. The molecule has 1 fully saturated rings. The van der Waals surface area contributed by atoms with E-state index < -0.39 is 0 Å². The molecule has 0 atom stereocenters. The molecule has 0 saturated heterocycles. The van der Waals surface area contributed by atoms with Crippen molar-refractivity contribution in [3.8, 4) is 11.8 Å². The van der Waals surface area contributed by atoms with E-state index in [1.165, 1.54) is 0 Å². The first kappa shape index (κ1) is 14.9. The summed E-state index contributed by atoms with van der Waals surface area (Å²) >= 11 is 0. The fourth-order valence-electron chi connectivity index (χ4n) is 4.05. The van der Waals surface area contributed by atoms with Gasteiger partial charge in [-0.25, -0.2) is 0 Å². The lowest BCUT2D eigenvalue weighted by Gasteiger charge is -2.61. The van der Waals surface area contributed by atoms with E-state index >= 15 is 0 Å². The summed E-state index contributed by atoms with van der Waals surface area (Å²) in [6.45, 7) is 8.61. The van der Waals surface area contributed by atoms with Crippen molar-refractivity contribution < 1.29 is 4.74 Å². The molecule has 3 nitrogen and oxygen atoms in total. The molecular formula is C19H22N2O.